The maximum atomic E-state index is 13.8. The lowest BCUT2D eigenvalue weighted by molar-refractivity contribution is -0.146. The second-order valence-electron chi connectivity index (χ2n) is 9.60. The van der Waals surface area contributed by atoms with Crippen molar-refractivity contribution in [2.24, 2.45) is 17.8 Å². The molecule has 0 saturated carbocycles. The van der Waals surface area contributed by atoms with E-state index in [0.717, 1.165) is 6.42 Å². The van der Waals surface area contributed by atoms with E-state index in [2.05, 4.69) is 10.6 Å². The molecular weight excluding hydrogens is 446 g/mol. The number of carbonyl (C=O) groups excluding carboxylic acids is 3. The summed E-state index contributed by atoms with van der Waals surface area (Å²) in [6, 6.07) is 6.07. The van der Waals surface area contributed by atoms with Crippen molar-refractivity contribution in [2.45, 2.75) is 56.8 Å². The summed E-state index contributed by atoms with van der Waals surface area (Å²) in [5.41, 5.74) is -1.44. The van der Waals surface area contributed by atoms with Crippen LogP contribution in [-0.2, 0) is 19.1 Å². The quantitative estimate of drug-likeness (QED) is 0.497. The van der Waals surface area contributed by atoms with Crippen molar-refractivity contribution in [3.8, 4) is 0 Å². The number of nitrogens with one attached hydrogen (secondary N) is 2. The molecule has 9 heteroatoms. The molecule has 3 N–H and O–H groups in total. The van der Waals surface area contributed by atoms with E-state index in [0.29, 0.717) is 36.5 Å². The number of hydrogen-bond acceptors (Lipinski definition) is 5. The number of nitrogens with zero attached hydrogens (tertiary/aromatic N) is 1. The lowest BCUT2D eigenvalue weighted by atomic mass is 9.62. The van der Waals surface area contributed by atoms with E-state index in [9.17, 15) is 14.4 Å². The molecule has 3 fully saturated rings. The van der Waals surface area contributed by atoms with Gasteiger partial charge in [-0.2, -0.15) is 0 Å². The van der Waals surface area contributed by atoms with Gasteiger partial charge in [-0.15, -0.1) is 0 Å². The highest BCUT2D eigenvalue weighted by molar-refractivity contribution is 6.33. The normalized spacial score (nSPS) is 34.5. The number of benzene rings is 1. The summed E-state index contributed by atoms with van der Waals surface area (Å²) in [6.45, 7) is 4.33. The lowest BCUT2D eigenvalue weighted by Crippen LogP contribution is -2.54. The first-order chi connectivity index (χ1) is 15.7. The van der Waals surface area contributed by atoms with E-state index in [4.69, 9.17) is 21.4 Å². The standard InChI is InChI=1S/C24H32ClN3O5/c1-14-13-24-18(17(20(30)26-3)23(14,2)33-24)22(32)28(11-7-4-8-12-29)19(24)21(31)27-16-10-6-5-9-15(16)25/h5-6,9-10,14,17-19,29H,4,7-8,11-13H2,1-3H3,(H,26,30)(H,27,31)/t14?,17-,18-,19?,23+,24?/m0/s1. The molecule has 2 bridgehead atoms. The molecule has 3 heterocycles. The summed E-state index contributed by atoms with van der Waals surface area (Å²) in [4.78, 5) is 42.0. The van der Waals surface area contributed by atoms with Gasteiger partial charge in [0.2, 0.25) is 17.7 Å². The fourth-order valence-corrected chi connectivity index (χ4v) is 6.35. The zero-order chi connectivity index (χ0) is 24.0. The van der Waals surface area contributed by atoms with Gasteiger partial charge >= 0.3 is 0 Å². The second-order valence-corrected chi connectivity index (χ2v) is 10.0. The highest BCUT2D eigenvalue weighted by Gasteiger charge is 2.79. The molecule has 3 saturated heterocycles. The van der Waals surface area contributed by atoms with E-state index >= 15 is 0 Å². The number of aliphatic hydroxyl groups is 1. The van der Waals surface area contributed by atoms with Gasteiger partial charge in [0.15, 0.2) is 0 Å². The number of amides is 3. The number of likely N-dealkylation sites (tertiary alicyclic amines) is 1. The smallest absolute Gasteiger partial charge is 0.250 e. The Morgan fingerprint density at radius 1 is 1.24 bits per heavy atom. The van der Waals surface area contributed by atoms with Crippen molar-refractivity contribution < 1.29 is 24.2 Å². The number of carbonyl (C=O) groups is 3. The van der Waals surface area contributed by atoms with Gasteiger partial charge in [-0.1, -0.05) is 30.7 Å². The Bertz CT molecular complexity index is 958. The monoisotopic (exact) mass is 477 g/mol. The first kappa shape index (κ1) is 24.0. The first-order valence-electron chi connectivity index (χ1n) is 11.6. The topological polar surface area (TPSA) is 108 Å². The van der Waals surface area contributed by atoms with Crippen LogP contribution in [-0.4, -0.2) is 65.2 Å². The minimum atomic E-state index is -1.08. The fraction of sp³-hybridized carbons (Fsp3) is 0.625. The number of para-hydroxylation sites is 1. The number of hydrogen-bond donors (Lipinski definition) is 3. The van der Waals surface area contributed by atoms with E-state index in [1.54, 1.807) is 36.2 Å². The van der Waals surface area contributed by atoms with Crippen molar-refractivity contribution in [2.75, 3.05) is 25.5 Å². The minimum Gasteiger partial charge on any atom is -0.396 e. The maximum absolute atomic E-state index is 13.8. The lowest BCUT2D eigenvalue weighted by Gasteiger charge is -2.36. The van der Waals surface area contributed by atoms with Gasteiger partial charge in [0, 0.05) is 20.2 Å². The van der Waals surface area contributed by atoms with Crippen LogP contribution in [0.15, 0.2) is 24.3 Å². The molecule has 3 aliphatic rings. The van der Waals surface area contributed by atoms with Crippen molar-refractivity contribution in [1.29, 1.82) is 0 Å². The van der Waals surface area contributed by atoms with Gasteiger partial charge in [0.1, 0.15) is 11.6 Å². The summed E-state index contributed by atoms with van der Waals surface area (Å²) < 4.78 is 6.59. The molecule has 3 unspecified atom stereocenters. The van der Waals surface area contributed by atoms with Crippen molar-refractivity contribution in [3.63, 3.8) is 0 Å². The maximum Gasteiger partial charge on any atom is 0.250 e. The Kier molecular flexibility index (Phi) is 6.46. The molecule has 8 nitrogen and oxygen atoms in total. The van der Waals surface area contributed by atoms with Crippen LogP contribution in [0.5, 0.6) is 0 Å². The zero-order valence-corrected chi connectivity index (χ0v) is 20.0. The predicted octanol–water partition coefficient (Wildman–Crippen LogP) is 2.20. The number of unbranched alkanes of at least 4 members (excludes halogenated alkanes) is 2. The van der Waals surface area contributed by atoms with Crippen LogP contribution in [0.2, 0.25) is 5.02 Å². The Labute approximate surface area is 199 Å². The summed E-state index contributed by atoms with van der Waals surface area (Å²) in [5, 5.41) is 15.1. The average Bonchev–Trinajstić information content (AvgIpc) is 3.29. The number of ether oxygens (including phenoxy) is 1. The van der Waals surface area contributed by atoms with Crippen LogP contribution < -0.4 is 10.6 Å². The Morgan fingerprint density at radius 3 is 2.64 bits per heavy atom. The summed E-state index contributed by atoms with van der Waals surface area (Å²) in [6.07, 6.45) is 2.51. The van der Waals surface area contributed by atoms with Gasteiger partial charge in [0.25, 0.3) is 0 Å². The van der Waals surface area contributed by atoms with Crippen molar-refractivity contribution >= 4 is 35.0 Å². The molecule has 4 rings (SSSR count). The molecule has 0 aliphatic carbocycles. The van der Waals surface area contributed by atoms with Gasteiger partial charge < -0.3 is 25.4 Å². The Hall–Kier alpha value is -2.16. The third-order valence-corrected chi connectivity index (χ3v) is 8.11. The van der Waals surface area contributed by atoms with Crippen molar-refractivity contribution in [1.82, 2.24) is 10.2 Å². The number of anilines is 1. The summed E-state index contributed by atoms with van der Waals surface area (Å²) in [5.74, 6) is -2.22. The van der Waals surface area contributed by atoms with E-state index in [1.165, 1.54) is 0 Å². The number of halogens is 1. The molecule has 6 atom stereocenters. The third kappa shape index (κ3) is 3.63. The molecule has 180 valence electrons. The van der Waals surface area contributed by atoms with E-state index in [-0.39, 0.29) is 30.2 Å². The fourth-order valence-electron chi connectivity index (χ4n) is 6.17. The van der Waals surface area contributed by atoms with Crippen LogP contribution >= 0.6 is 11.6 Å². The summed E-state index contributed by atoms with van der Waals surface area (Å²) in [7, 11) is 1.56. The van der Waals surface area contributed by atoms with Crippen LogP contribution in [0.25, 0.3) is 0 Å². The Morgan fingerprint density at radius 2 is 1.97 bits per heavy atom. The second kappa shape index (κ2) is 8.89. The third-order valence-electron chi connectivity index (χ3n) is 7.78. The SMILES string of the molecule is CNC(=O)[C@@H]1[C@H]2C(=O)N(CCCCCO)C(C(=O)Nc3ccccc3Cl)C23CC(C)[C@@]1(C)O3. The van der Waals surface area contributed by atoms with Crippen molar-refractivity contribution in [3.05, 3.63) is 29.3 Å². The number of rotatable bonds is 8. The van der Waals surface area contributed by atoms with Crippen LogP contribution in [0.3, 0.4) is 0 Å². The number of aliphatic hydroxyl groups excluding tert-OH is 1. The van der Waals surface area contributed by atoms with E-state index < -0.39 is 29.1 Å². The van der Waals surface area contributed by atoms with Gasteiger partial charge in [0.05, 0.1) is 28.1 Å². The van der Waals surface area contributed by atoms with Gasteiger partial charge in [-0.05, 0) is 50.7 Å². The molecule has 3 aliphatic heterocycles. The minimum absolute atomic E-state index is 0.00574. The van der Waals surface area contributed by atoms with Gasteiger partial charge in [-0.25, -0.2) is 0 Å². The van der Waals surface area contributed by atoms with Crippen LogP contribution in [0.4, 0.5) is 5.69 Å². The zero-order valence-electron chi connectivity index (χ0n) is 19.3. The molecule has 0 radical (unpaired) electrons. The van der Waals surface area contributed by atoms with Gasteiger partial charge in [-0.3, -0.25) is 14.4 Å². The Balaban J connectivity index is 1.72. The molecule has 1 spiro atoms. The molecular formula is C24H32ClN3O5. The number of fused-ring (bicyclic) bond motifs is 1. The first-order valence-corrected chi connectivity index (χ1v) is 12.0. The highest BCUT2D eigenvalue weighted by Crippen LogP contribution is 2.65. The highest BCUT2D eigenvalue weighted by atomic mass is 35.5. The molecule has 1 aromatic carbocycles. The molecule has 3 amide bonds. The average molecular weight is 478 g/mol. The predicted molar refractivity (Wildman–Crippen MR) is 124 cm³/mol. The molecule has 0 aromatic heterocycles. The molecule has 1 aromatic rings. The van der Waals surface area contributed by atoms with Crippen LogP contribution in [0, 0.1) is 17.8 Å². The summed E-state index contributed by atoms with van der Waals surface area (Å²) >= 11 is 6.27. The van der Waals surface area contributed by atoms with E-state index in [1.807, 2.05) is 13.8 Å². The molecule has 33 heavy (non-hydrogen) atoms. The van der Waals surface area contributed by atoms with Crippen LogP contribution in [0.1, 0.15) is 39.5 Å². The largest absolute Gasteiger partial charge is 0.396 e.